The van der Waals surface area contributed by atoms with Crippen LogP contribution < -0.4 is 4.48 Å². The van der Waals surface area contributed by atoms with E-state index in [-0.39, 0.29) is 11.6 Å². The topological polar surface area (TPSA) is 91.7 Å². The minimum absolute atomic E-state index is 0.103. The first kappa shape index (κ1) is 26.7. The molecule has 2 N–H and O–H groups in total. The number of hydrogen-bond donors (Lipinski definition) is 2. The quantitative estimate of drug-likeness (QED) is 0.222. The zero-order chi connectivity index (χ0) is 24.0. The summed E-state index contributed by atoms with van der Waals surface area (Å²) in [5, 5.41) is 15.6. The fourth-order valence-corrected chi connectivity index (χ4v) is 3.10. The van der Waals surface area contributed by atoms with Gasteiger partial charge >= 0.3 is 11.9 Å². The van der Waals surface area contributed by atoms with Crippen molar-refractivity contribution in [2.45, 2.75) is 32.6 Å². The van der Waals surface area contributed by atoms with Crippen LogP contribution in [0.3, 0.4) is 0 Å². The highest BCUT2D eigenvalue weighted by Gasteiger charge is 2.21. The lowest BCUT2D eigenvalue weighted by atomic mass is 10.0. The van der Waals surface area contributed by atoms with Crippen molar-refractivity contribution in [1.82, 2.24) is 4.48 Å². The number of carbonyl (C=O) groups is 3. The molecule has 2 aromatic carbocycles. The Labute approximate surface area is 188 Å². The molecule has 0 fully saturated rings. The summed E-state index contributed by atoms with van der Waals surface area (Å²) in [4.78, 5) is 31.2. The Bertz CT molecular complexity index is 880. The van der Waals surface area contributed by atoms with E-state index >= 15 is 0 Å². The molecule has 0 aromatic heterocycles. The Kier molecular flexibility index (Phi) is 11.6. The van der Waals surface area contributed by atoms with E-state index in [0.29, 0.717) is 24.1 Å². The monoisotopic (exact) mass is 444 g/mol. The van der Waals surface area contributed by atoms with Crippen LogP contribution in [-0.2, 0) is 9.59 Å². The highest BCUT2D eigenvalue weighted by atomic mass is 19.1. The van der Waals surface area contributed by atoms with E-state index in [1.807, 2.05) is 6.07 Å². The molecule has 2 aromatic rings. The number of aliphatic carboxylic acids is 2. The van der Waals surface area contributed by atoms with Gasteiger partial charge in [0.15, 0.2) is 5.78 Å². The Morgan fingerprint density at radius 3 is 1.94 bits per heavy atom. The van der Waals surface area contributed by atoms with Gasteiger partial charge in [0.25, 0.3) is 0 Å². The van der Waals surface area contributed by atoms with E-state index in [1.54, 1.807) is 12.1 Å². The maximum absolute atomic E-state index is 12.9. The number of unbranched alkanes of at least 4 members (excludes halogenated alkanes) is 2. The zero-order valence-electron chi connectivity index (χ0n) is 18.5. The van der Waals surface area contributed by atoms with Gasteiger partial charge in [-0.2, -0.15) is 0 Å². The average molecular weight is 445 g/mol. The lowest BCUT2D eigenvalue weighted by Crippen LogP contribution is -2.45. The van der Waals surface area contributed by atoms with Gasteiger partial charge < -0.3 is 10.2 Å². The summed E-state index contributed by atoms with van der Waals surface area (Å²) in [5.41, 5.74) is 1.94. The number of carboxylic acids is 2. The van der Waals surface area contributed by atoms with Crippen molar-refractivity contribution in [2.75, 3.05) is 20.1 Å². The molecular formula is C25H31FNO5+. The van der Waals surface area contributed by atoms with Crippen molar-refractivity contribution in [3.05, 3.63) is 78.1 Å². The predicted octanol–water partition coefficient (Wildman–Crippen LogP) is 4.94. The number of Topliss-reactive ketones (excluding diaryl/α,β-unsaturated/α-hetero) is 1. The number of rotatable bonds is 11. The van der Waals surface area contributed by atoms with Gasteiger partial charge in [-0.25, -0.2) is 14.0 Å². The summed E-state index contributed by atoms with van der Waals surface area (Å²) in [6.45, 7) is 4.34. The first-order valence-electron chi connectivity index (χ1n) is 10.5. The van der Waals surface area contributed by atoms with Crippen LogP contribution in [0.4, 0.5) is 10.1 Å². The summed E-state index contributed by atoms with van der Waals surface area (Å²) in [7, 11) is 2.26. The van der Waals surface area contributed by atoms with Gasteiger partial charge in [-0.1, -0.05) is 18.2 Å². The van der Waals surface area contributed by atoms with Crippen LogP contribution in [-0.4, -0.2) is 48.1 Å². The summed E-state index contributed by atoms with van der Waals surface area (Å²) in [6.07, 6.45) is 4.66. The van der Waals surface area contributed by atoms with E-state index in [9.17, 15) is 18.8 Å². The molecule has 0 saturated carbocycles. The number of nitrogens with zero attached hydrogens (tertiary/aromatic N) is 1. The number of carboxylic acid groups (broad SMARTS) is 2. The molecule has 7 heteroatoms. The normalized spacial score (nSPS) is 12.5. The third-order valence-corrected chi connectivity index (χ3v) is 5.17. The van der Waals surface area contributed by atoms with Crippen LogP contribution in [0.2, 0.25) is 0 Å². The van der Waals surface area contributed by atoms with E-state index in [4.69, 9.17) is 10.2 Å². The number of halogens is 1. The minimum Gasteiger partial charge on any atom is -0.478 e. The lowest BCUT2D eigenvalue weighted by Gasteiger charge is -2.33. The van der Waals surface area contributed by atoms with Crippen molar-refractivity contribution >= 4 is 23.4 Å². The molecule has 0 radical (unpaired) electrons. The van der Waals surface area contributed by atoms with E-state index in [0.717, 1.165) is 36.8 Å². The maximum Gasteiger partial charge on any atom is 0.328 e. The number of benzene rings is 2. The third-order valence-electron chi connectivity index (χ3n) is 5.17. The van der Waals surface area contributed by atoms with Crippen molar-refractivity contribution in [1.29, 1.82) is 0 Å². The minimum atomic E-state index is -1.26. The second-order valence-corrected chi connectivity index (χ2v) is 7.52. The standard InChI is InChI=1S/C21H27FNO.C4H4O4/c1-3-23(2,20-10-6-4-7-11-20)17-9-5-8-12-21(24)18-13-15-19(22)16-14-18;5-3(6)1-2-4(7)8/h4,6-7,10-11,13-16H,3,5,8-9,12,17H2,1-2H3;1-2H,(H,5,6)(H,7,8)/q+1;/b;2-1+. The van der Waals surface area contributed by atoms with Crippen molar-refractivity contribution in [2.24, 2.45) is 0 Å². The first-order chi connectivity index (χ1) is 15.2. The van der Waals surface area contributed by atoms with Crippen LogP contribution >= 0.6 is 0 Å². The van der Waals surface area contributed by atoms with Gasteiger partial charge in [-0.15, -0.1) is 0 Å². The molecule has 2 rings (SSSR count). The van der Waals surface area contributed by atoms with Gasteiger partial charge in [0.05, 0.1) is 20.1 Å². The van der Waals surface area contributed by atoms with Crippen LogP contribution in [0.15, 0.2) is 66.7 Å². The van der Waals surface area contributed by atoms with Gasteiger partial charge in [0.1, 0.15) is 11.5 Å². The summed E-state index contributed by atoms with van der Waals surface area (Å²) < 4.78 is 13.8. The van der Waals surface area contributed by atoms with E-state index in [1.165, 1.54) is 17.8 Å². The van der Waals surface area contributed by atoms with Crippen molar-refractivity contribution in [3.8, 4) is 0 Å². The number of quaternary nitrogens is 1. The molecule has 1 atom stereocenters. The van der Waals surface area contributed by atoms with Crippen molar-refractivity contribution < 1.29 is 29.0 Å². The van der Waals surface area contributed by atoms with Crippen LogP contribution in [0.1, 0.15) is 43.0 Å². The summed E-state index contributed by atoms with van der Waals surface area (Å²) in [6, 6.07) is 16.4. The fourth-order valence-electron chi connectivity index (χ4n) is 3.10. The van der Waals surface area contributed by atoms with Crippen LogP contribution in [0.25, 0.3) is 0 Å². The molecule has 0 heterocycles. The Hall–Kier alpha value is -3.32. The third kappa shape index (κ3) is 10.1. The van der Waals surface area contributed by atoms with Gasteiger partial charge in [-0.05, 0) is 62.6 Å². The Balaban J connectivity index is 0.000000547. The van der Waals surface area contributed by atoms with Crippen LogP contribution in [0, 0.1) is 5.82 Å². The average Bonchev–Trinajstić information content (AvgIpc) is 2.78. The molecule has 0 bridgehead atoms. The first-order valence-corrected chi connectivity index (χ1v) is 10.5. The molecule has 1 unspecified atom stereocenters. The van der Waals surface area contributed by atoms with Crippen molar-refractivity contribution in [3.63, 3.8) is 0 Å². The molecule has 6 nitrogen and oxygen atoms in total. The Morgan fingerprint density at radius 1 is 0.875 bits per heavy atom. The summed E-state index contributed by atoms with van der Waals surface area (Å²) in [5.74, 6) is -2.71. The largest absolute Gasteiger partial charge is 0.478 e. The molecule has 0 aliphatic carbocycles. The summed E-state index contributed by atoms with van der Waals surface area (Å²) >= 11 is 0. The highest BCUT2D eigenvalue weighted by Crippen LogP contribution is 2.21. The van der Waals surface area contributed by atoms with Gasteiger partial charge in [-0.3, -0.25) is 9.28 Å². The van der Waals surface area contributed by atoms with Crippen LogP contribution in [0.5, 0.6) is 0 Å². The number of hydrogen-bond acceptors (Lipinski definition) is 3. The van der Waals surface area contributed by atoms with E-state index < -0.39 is 11.9 Å². The fraction of sp³-hybridized carbons (Fsp3) is 0.320. The molecule has 0 saturated heterocycles. The molecule has 0 spiro atoms. The number of ketones is 1. The highest BCUT2D eigenvalue weighted by molar-refractivity contribution is 5.95. The SMILES string of the molecule is CC[N+](C)(CCCCCC(=O)c1ccc(F)cc1)c1ccccc1.O=C(O)/C=C/C(=O)O. The molecule has 0 aliphatic heterocycles. The molecule has 172 valence electrons. The molecular weight excluding hydrogens is 413 g/mol. The number of para-hydroxylation sites is 1. The lowest BCUT2D eigenvalue weighted by molar-refractivity contribution is -0.134. The zero-order valence-corrected chi connectivity index (χ0v) is 18.5. The molecule has 0 aliphatic rings. The predicted molar refractivity (Wildman–Crippen MR) is 123 cm³/mol. The Morgan fingerprint density at radius 2 is 1.44 bits per heavy atom. The second-order valence-electron chi connectivity index (χ2n) is 7.52. The molecule has 32 heavy (non-hydrogen) atoms. The van der Waals surface area contributed by atoms with Gasteiger partial charge in [0.2, 0.25) is 0 Å². The molecule has 0 amide bonds. The van der Waals surface area contributed by atoms with E-state index in [2.05, 4.69) is 38.2 Å². The smallest absolute Gasteiger partial charge is 0.328 e. The maximum atomic E-state index is 12.9. The second kappa shape index (κ2) is 13.9. The number of carbonyl (C=O) groups excluding carboxylic acids is 1. The van der Waals surface area contributed by atoms with Gasteiger partial charge in [0, 0.05) is 24.1 Å².